The average molecular weight is 274 g/mol. The van der Waals surface area contributed by atoms with Gasteiger partial charge in [0.25, 0.3) is 0 Å². The van der Waals surface area contributed by atoms with Crippen molar-refractivity contribution in [2.75, 3.05) is 0 Å². The smallest absolute Gasteiger partial charge is 0.420 e. The molecular formula is C14H14N2O4. The summed E-state index contributed by atoms with van der Waals surface area (Å²) in [5.41, 5.74) is 1.70. The van der Waals surface area contributed by atoms with Crippen molar-refractivity contribution in [3.8, 4) is 0 Å². The van der Waals surface area contributed by atoms with Crippen LogP contribution in [0.5, 0.6) is 0 Å². The fraction of sp³-hybridized carbons (Fsp3) is 0.286. The van der Waals surface area contributed by atoms with Crippen molar-refractivity contribution in [2.24, 2.45) is 11.1 Å². The normalized spacial score (nSPS) is 17.2. The van der Waals surface area contributed by atoms with E-state index in [1.165, 1.54) is 18.5 Å². The van der Waals surface area contributed by atoms with Crippen LogP contribution in [0.15, 0.2) is 45.3 Å². The number of carbonyl (C=O) groups is 2. The van der Waals surface area contributed by atoms with E-state index in [-0.39, 0.29) is 17.6 Å². The van der Waals surface area contributed by atoms with Gasteiger partial charge in [-0.05, 0) is 30.6 Å². The van der Waals surface area contributed by atoms with E-state index in [1.807, 2.05) is 13.8 Å². The number of hydrogen-bond donors (Lipinski definition) is 0. The number of hydrogen-bond acceptors (Lipinski definition) is 6. The first kappa shape index (κ1) is 13.9. The molecule has 0 bridgehead atoms. The van der Waals surface area contributed by atoms with Crippen LogP contribution in [-0.4, -0.2) is 22.4 Å². The molecule has 6 heteroatoms. The van der Waals surface area contributed by atoms with E-state index in [9.17, 15) is 9.59 Å². The van der Waals surface area contributed by atoms with E-state index in [2.05, 4.69) is 10.1 Å². The van der Waals surface area contributed by atoms with Crippen LogP contribution < -0.4 is 0 Å². The van der Waals surface area contributed by atoms with Gasteiger partial charge >= 0.3 is 11.9 Å². The van der Waals surface area contributed by atoms with Crippen LogP contribution in [0.4, 0.5) is 0 Å². The Bertz CT molecular complexity index is 622. The molecule has 0 aromatic carbocycles. The highest BCUT2D eigenvalue weighted by Gasteiger charge is 2.20. The van der Waals surface area contributed by atoms with Crippen molar-refractivity contribution < 1.29 is 18.8 Å². The molecule has 6 nitrogen and oxygen atoms in total. The maximum absolute atomic E-state index is 11.8. The van der Waals surface area contributed by atoms with Crippen LogP contribution in [0, 0.1) is 5.92 Å². The van der Waals surface area contributed by atoms with Gasteiger partial charge < -0.3 is 9.25 Å². The predicted octanol–water partition coefficient (Wildman–Crippen LogP) is 2.30. The molecule has 0 saturated heterocycles. The third-order valence-corrected chi connectivity index (χ3v) is 2.78. The Hall–Kier alpha value is -2.50. The molecule has 0 unspecified atom stereocenters. The standard InChI is InChI=1S/C14H14N2O4/c1-8(2)10-7-11(9(3)6-12(10)17)16-20-14(18)13-15-4-5-19-13/h4-8H,1-3H3/b16-11+. The molecule has 1 aromatic heterocycles. The number of ketones is 1. The lowest BCUT2D eigenvalue weighted by Gasteiger charge is -2.14. The monoisotopic (exact) mass is 274 g/mol. The molecule has 0 saturated carbocycles. The zero-order chi connectivity index (χ0) is 14.7. The highest BCUT2D eigenvalue weighted by Crippen LogP contribution is 2.19. The van der Waals surface area contributed by atoms with Crippen LogP contribution in [0.1, 0.15) is 31.5 Å². The first-order chi connectivity index (χ1) is 9.49. The molecule has 1 heterocycles. The topological polar surface area (TPSA) is 81.8 Å². The van der Waals surface area contributed by atoms with E-state index in [4.69, 9.17) is 9.25 Å². The number of oxime groups is 1. The Morgan fingerprint density at radius 2 is 2.15 bits per heavy atom. The number of nitrogens with zero attached hydrogens (tertiary/aromatic N) is 2. The maximum atomic E-state index is 11.8. The van der Waals surface area contributed by atoms with Crippen molar-refractivity contribution in [3.63, 3.8) is 0 Å². The van der Waals surface area contributed by atoms with Gasteiger partial charge in [-0.15, -0.1) is 0 Å². The first-order valence-corrected chi connectivity index (χ1v) is 6.12. The van der Waals surface area contributed by atoms with Crippen LogP contribution in [0.25, 0.3) is 0 Å². The van der Waals surface area contributed by atoms with Gasteiger partial charge in [0.05, 0.1) is 6.20 Å². The molecule has 0 N–H and O–H groups in total. The predicted molar refractivity (Wildman–Crippen MR) is 71.0 cm³/mol. The molecule has 0 radical (unpaired) electrons. The van der Waals surface area contributed by atoms with Gasteiger partial charge in [-0.1, -0.05) is 19.0 Å². The molecule has 0 atom stereocenters. The molecule has 1 aliphatic carbocycles. The summed E-state index contributed by atoms with van der Waals surface area (Å²) >= 11 is 0. The second kappa shape index (κ2) is 5.64. The molecule has 0 aliphatic heterocycles. The minimum Gasteiger partial charge on any atom is -0.440 e. The molecule has 0 spiro atoms. The van der Waals surface area contributed by atoms with Gasteiger partial charge in [0.1, 0.15) is 12.0 Å². The number of allylic oxidation sites excluding steroid dienone is 4. The van der Waals surface area contributed by atoms with Gasteiger partial charge in [-0.25, -0.2) is 9.78 Å². The molecule has 1 aromatic rings. The van der Waals surface area contributed by atoms with E-state index < -0.39 is 5.97 Å². The van der Waals surface area contributed by atoms with Crippen LogP contribution in [-0.2, 0) is 9.63 Å². The van der Waals surface area contributed by atoms with Gasteiger partial charge in [-0.2, -0.15) is 0 Å². The van der Waals surface area contributed by atoms with E-state index in [1.54, 1.807) is 13.0 Å². The van der Waals surface area contributed by atoms with Gasteiger partial charge in [0.15, 0.2) is 5.78 Å². The van der Waals surface area contributed by atoms with E-state index in [0.717, 1.165) is 0 Å². The minimum atomic E-state index is -0.785. The van der Waals surface area contributed by atoms with Crippen LogP contribution in [0.3, 0.4) is 0 Å². The Labute approximate surface area is 115 Å². The van der Waals surface area contributed by atoms with Crippen molar-refractivity contribution in [2.45, 2.75) is 20.8 Å². The van der Waals surface area contributed by atoms with E-state index in [0.29, 0.717) is 16.9 Å². The third-order valence-electron chi connectivity index (χ3n) is 2.78. The van der Waals surface area contributed by atoms with E-state index >= 15 is 0 Å². The van der Waals surface area contributed by atoms with Crippen LogP contribution in [0.2, 0.25) is 0 Å². The molecule has 104 valence electrons. The molecule has 1 aliphatic rings. The zero-order valence-electron chi connectivity index (χ0n) is 11.4. The Balaban J connectivity index is 2.18. The number of rotatable bonds is 3. The summed E-state index contributed by atoms with van der Waals surface area (Å²) in [5.74, 6) is -0.933. The molecule has 0 fully saturated rings. The zero-order valence-corrected chi connectivity index (χ0v) is 11.4. The Morgan fingerprint density at radius 1 is 1.40 bits per heavy atom. The SMILES string of the molecule is CC1=CC(=O)C(C(C)C)=C/C1=N\OC(=O)c1ncco1. The number of carbonyl (C=O) groups excluding carboxylic acids is 2. The first-order valence-electron chi connectivity index (χ1n) is 6.12. The summed E-state index contributed by atoms with van der Waals surface area (Å²) in [4.78, 5) is 31.7. The van der Waals surface area contributed by atoms with Crippen LogP contribution >= 0.6 is 0 Å². The molecular weight excluding hydrogens is 260 g/mol. The van der Waals surface area contributed by atoms with Gasteiger partial charge in [0, 0.05) is 5.57 Å². The summed E-state index contributed by atoms with van der Waals surface area (Å²) in [7, 11) is 0. The second-order valence-corrected chi connectivity index (χ2v) is 4.64. The lowest BCUT2D eigenvalue weighted by Crippen LogP contribution is -2.16. The summed E-state index contributed by atoms with van der Waals surface area (Å²) in [6.07, 6.45) is 5.72. The summed E-state index contributed by atoms with van der Waals surface area (Å²) in [6, 6.07) is 0. The lowest BCUT2D eigenvalue weighted by molar-refractivity contribution is -0.111. The fourth-order valence-electron chi connectivity index (χ4n) is 1.69. The fourth-order valence-corrected chi connectivity index (χ4v) is 1.69. The molecule has 0 amide bonds. The Morgan fingerprint density at radius 3 is 2.75 bits per heavy atom. The summed E-state index contributed by atoms with van der Waals surface area (Å²) in [5, 5.41) is 3.76. The lowest BCUT2D eigenvalue weighted by atomic mass is 9.90. The van der Waals surface area contributed by atoms with Gasteiger partial charge in [0.2, 0.25) is 0 Å². The van der Waals surface area contributed by atoms with Crippen molar-refractivity contribution >= 4 is 17.5 Å². The molecule has 20 heavy (non-hydrogen) atoms. The largest absolute Gasteiger partial charge is 0.440 e. The summed E-state index contributed by atoms with van der Waals surface area (Å²) in [6.45, 7) is 5.55. The summed E-state index contributed by atoms with van der Waals surface area (Å²) < 4.78 is 4.80. The molecule has 2 rings (SSSR count). The van der Waals surface area contributed by atoms with Crippen molar-refractivity contribution in [1.29, 1.82) is 0 Å². The van der Waals surface area contributed by atoms with Crippen molar-refractivity contribution in [3.05, 3.63) is 41.6 Å². The minimum absolute atomic E-state index is 0.0459. The average Bonchev–Trinajstić information content (AvgIpc) is 2.90. The number of aromatic nitrogens is 1. The van der Waals surface area contributed by atoms with Gasteiger partial charge in [-0.3, -0.25) is 4.79 Å². The third kappa shape index (κ3) is 2.90. The van der Waals surface area contributed by atoms with Crippen molar-refractivity contribution in [1.82, 2.24) is 4.98 Å². The quantitative estimate of drug-likeness (QED) is 0.480. The highest BCUT2D eigenvalue weighted by atomic mass is 16.7. The number of oxazole rings is 1. The maximum Gasteiger partial charge on any atom is 0.420 e. The highest BCUT2D eigenvalue weighted by molar-refractivity contribution is 6.21. The Kier molecular flexibility index (Phi) is 3.93. The second-order valence-electron chi connectivity index (χ2n) is 4.64.